The summed E-state index contributed by atoms with van der Waals surface area (Å²) in [6.45, 7) is 2.82. The van der Waals surface area contributed by atoms with E-state index in [0.717, 1.165) is 30.6 Å². The highest BCUT2D eigenvalue weighted by molar-refractivity contribution is 5.79. The fraction of sp³-hybridized carbons (Fsp3) is 0.387. The number of rotatable bonds is 5. The number of hydrogen-bond acceptors (Lipinski definition) is 4. The van der Waals surface area contributed by atoms with Crippen LogP contribution in [0.3, 0.4) is 0 Å². The van der Waals surface area contributed by atoms with E-state index in [-0.39, 0.29) is 24.1 Å². The molecule has 2 fully saturated rings. The molecule has 2 bridgehead atoms. The average Bonchev–Trinajstić information content (AvgIpc) is 3.21. The zero-order valence-corrected chi connectivity index (χ0v) is 20.7. The van der Waals surface area contributed by atoms with Crippen molar-refractivity contribution in [3.63, 3.8) is 0 Å². The summed E-state index contributed by atoms with van der Waals surface area (Å²) in [5, 5.41) is 11.8. The maximum Gasteiger partial charge on any atom is 0.410 e. The van der Waals surface area contributed by atoms with Crippen LogP contribution in [0.15, 0.2) is 72.8 Å². The Kier molecular flexibility index (Phi) is 5.96. The van der Waals surface area contributed by atoms with Crippen LogP contribution >= 0.6 is 0 Å². The fourth-order valence-electron chi connectivity index (χ4n) is 6.75. The average molecular weight is 484 g/mol. The number of nitrogens with zero attached hydrogens (tertiary/aromatic N) is 1. The number of fused-ring (bicyclic) bond motifs is 5. The minimum atomic E-state index is -1.01. The Labute approximate surface area is 212 Å². The Balaban J connectivity index is 1.21. The first-order chi connectivity index (χ1) is 17.6. The third-order valence-corrected chi connectivity index (χ3v) is 8.24. The molecule has 5 heteroatoms. The second kappa shape index (κ2) is 9.29. The summed E-state index contributed by atoms with van der Waals surface area (Å²) < 4.78 is 11.9. The number of aliphatic hydroxyl groups is 1. The second-order valence-corrected chi connectivity index (χ2v) is 10.3. The molecule has 3 aliphatic rings. The lowest BCUT2D eigenvalue weighted by atomic mass is 9.72. The van der Waals surface area contributed by atoms with E-state index in [0.29, 0.717) is 26.1 Å². The van der Waals surface area contributed by atoms with Gasteiger partial charge in [0.15, 0.2) is 0 Å². The van der Waals surface area contributed by atoms with Crippen LogP contribution in [-0.2, 0) is 10.3 Å². The molecule has 186 valence electrons. The molecule has 0 spiro atoms. The predicted octanol–water partition coefficient (Wildman–Crippen LogP) is 6.24. The van der Waals surface area contributed by atoms with Crippen molar-refractivity contribution in [2.24, 2.45) is 0 Å². The smallest absolute Gasteiger partial charge is 0.410 e. The lowest BCUT2D eigenvalue weighted by Crippen LogP contribution is -2.59. The van der Waals surface area contributed by atoms with E-state index >= 15 is 0 Å². The van der Waals surface area contributed by atoms with E-state index in [1.807, 2.05) is 36.1 Å². The first kappa shape index (κ1) is 23.1. The van der Waals surface area contributed by atoms with Crippen LogP contribution in [0.5, 0.6) is 5.75 Å². The number of para-hydroxylation sites is 1. The Morgan fingerprint density at radius 2 is 1.50 bits per heavy atom. The Morgan fingerprint density at radius 3 is 2.14 bits per heavy atom. The molecule has 2 aliphatic heterocycles. The zero-order valence-electron chi connectivity index (χ0n) is 20.7. The molecule has 0 radical (unpaired) electrons. The van der Waals surface area contributed by atoms with Gasteiger partial charge < -0.3 is 19.5 Å². The van der Waals surface area contributed by atoms with Crippen LogP contribution in [0.1, 0.15) is 61.6 Å². The van der Waals surface area contributed by atoms with Gasteiger partial charge in [-0.25, -0.2) is 4.79 Å². The van der Waals surface area contributed by atoms with Crippen LogP contribution in [-0.4, -0.2) is 41.4 Å². The normalized spacial score (nSPS) is 24.7. The highest BCUT2D eigenvalue weighted by Gasteiger charge is 2.49. The third-order valence-electron chi connectivity index (χ3n) is 8.24. The summed E-state index contributed by atoms with van der Waals surface area (Å²) in [5.74, 6) is 0.774. The summed E-state index contributed by atoms with van der Waals surface area (Å²) in [7, 11) is 0. The summed E-state index contributed by atoms with van der Waals surface area (Å²) in [5.41, 5.74) is 4.70. The molecule has 0 aromatic heterocycles. The van der Waals surface area contributed by atoms with Crippen molar-refractivity contribution < 1.29 is 19.4 Å². The van der Waals surface area contributed by atoms with Crippen LogP contribution in [0.4, 0.5) is 4.79 Å². The third kappa shape index (κ3) is 3.86. The maximum atomic E-state index is 13.5. The summed E-state index contributed by atoms with van der Waals surface area (Å²) in [4.78, 5) is 15.4. The van der Waals surface area contributed by atoms with Gasteiger partial charge in [-0.05, 0) is 54.5 Å². The maximum absolute atomic E-state index is 13.5. The van der Waals surface area contributed by atoms with Gasteiger partial charge in [-0.2, -0.15) is 0 Å². The monoisotopic (exact) mass is 483 g/mol. The summed E-state index contributed by atoms with van der Waals surface area (Å²) in [6, 6.07) is 24.5. The largest absolute Gasteiger partial charge is 0.493 e. The molecule has 1 N–H and O–H groups in total. The quantitative estimate of drug-likeness (QED) is 0.467. The molecule has 2 saturated heterocycles. The van der Waals surface area contributed by atoms with E-state index in [1.165, 1.54) is 22.3 Å². The number of ether oxygens (including phenoxy) is 2. The second-order valence-electron chi connectivity index (χ2n) is 10.3. The molecule has 0 saturated carbocycles. The van der Waals surface area contributed by atoms with Crippen LogP contribution < -0.4 is 4.74 Å². The molecular weight excluding hydrogens is 450 g/mol. The fourth-order valence-corrected chi connectivity index (χ4v) is 6.75. The minimum Gasteiger partial charge on any atom is -0.493 e. The summed E-state index contributed by atoms with van der Waals surface area (Å²) in [6.07, 6.45) is 3.55. The Bertz CT molecular complexity index is 1210. The van der Waals surface area contributed by atoms with Crippen molar-refractivity contribution >= 4 is 6.09 Å². The van der Waals surface area contributed by atoms with Crippen molar-refractivity contribution in [3.8, 4) is 16.9 Å². The number of amides is 1. The van der Waals surface area contributed by atoms with Crippen molar-refractivity contribution in [2.75, 3.05) is 13.2 Å². The molecule has 2 heterocycles. The molecule has 1 aliphatic carbocycles. The van der Waals surface area contributed by atoms with E-state index in [1.54, 1.807) is 0 Å². The summed E-state index contributed by atoms with van der Waals surface area (Å²) >= 11 is 0. The SMILES string of the molecule is CCOc1ccccc1C1(O)CC2CCCC(C1)N2C(=O)OCC1c2ccccc2-c2ccccc21. The number of carbonyl (C=O) groups is 1. The van der Waals surface area contributed by atoms with Gasteiger partial charge in [-0.3, -0.25) is 0 Å². The Morgan fingerprint density at radius 1 is 0.917 bits per heavy atom. The first-order valence-electron chi connectivity index (χ1n) is 13.2. The molecule has 3 aromatic carbocycles. The highest BCUT2D eigenvalue weighted by atomic mass is 16.6. The van der Waals surface area contributed by atoms with E-state index < -0.39 is 5.60 Å². The van der Waals surface area contributed by atoms with Gasteiger partial charge >= 0.3 is 6.09 Å². The highest BCUT2D eigenvalue weighted by Crippen LogP contribution is 2.48. The van der Waals surface area contributed by atoms with Gasteiger partial charge in [0.25, 0.3) is 0 Å². The molecule has 3 aromatic rings. The molecule has 5 nitrogen and oxygen atoms in total. The number of carbonyl (C=O) groups excluding carboxylic acids is 1. The zero-order chi connectivity index (χ0) is 24.7. The van der Waals surface area contributed by atoms with Crippen molar-refractivity contribution in [1.29, 1.82) is 0 Å². The topological polar surface area (TPSA) is 59.0 Å². The van der Waals surface area contributed by atoms with Gasteiger partial charge in [-0.1, -0.05) is 66.7 Å². The van der Waals surface area contributed by atoms with Gasteiger partial charge in [0.05, 0.1) is 12.2 Å². The molecule has 6 rings (SSSR count). The van der Waals surface area contributed by atoms with E-state index in [2.05, 4.69) is 48.5 Å². The molecule has 36 heavy (non-hydrogen) atoms. The predicted molar refractivity (Wildman–Crippen MR) is 139 cm³/mol. The number of benzene rings is 3. The molecule has 1 amide bonds. The van der Waals surface area contributed by atoms with E-state index in [9.17, 15) is 9.90 Å². The van der Waals surface area contributed by atoms with Gasteiger partial charge in [0, 0.05) is 36.4 Å². The van der Waals surface area contributed by atoms with Gasteiger partial charge in [0.2, 0.25) is 0 Å². The van der Waals surface area contributed by atoms with Gasteiger partial charge in [-0.15, -0.1) is 0 Å². The van der Waals surface area contributed by atoms with Crippen molar-refractivity contribution in [1.82, 2.24) is 4.90 Å². The van der Waals surface area contributed by atoms with Crippen LogP contribution in [0.25, 0.3) is 11.1 Å². The van der Waals surface area contributed by atoms with E-state index in [4.69, 9.17) is 9.47 Å². The lowest BCUT2D eigenvalue weighted by molar-refractivity contribution is -0.0900. The minimum absolute atomic E-state index is 0.0426. The first-order valence-corrected chi connectivity index (χ1v) is 13.2. The van der Waals surface area contributed by atoms with Gasteiger partial charge in [0.1, 0.15) is 12.4 Å². The standard InChI is InChI=1S/C31H33NO4/c1-2-35-29-17-8-7-16-28(29)31(34)18-21-10-9-11-22(19-31)32(21)30(33)36-20-27-25-14-5-3-12-23(25)24-13-4-6-15-26(24)27/h3-8,12-17,21-22,27,34H,2,9-11,18-20H2,1H3. The number of piperidine rings is 2. The number of hydrogen-bond donors (Lipinski definition) is 1. The van der Waals surface area contributed by atoms with Crippen molar-refractivity contribution in [3.05, 3.63) is 89.5 Å². The molecule has 2 unspecified atom stereocenters. The van der Waals surface area contributed by atoms with Crippen LogP contribution in [0.2, 0.25) is 0 Å². The molecular formula is C31H33NO4. The molecule has 2 atom stereocenters. The van der Waals surface area contributed by atoms with Crippen LogP contribution in [0, 0.1) is 0 Å². The van der Waals surface area contributed by atoms with Crippen molar-refractivity contribution in [2.45, 2.75) is 62.6 Å². The Hall–Kier alpha value is -3.31. The lowest BCUT2D eigenvalue weighted by Gasteiger charge is -2.51.